The van der Waals surface area contributed by atoms with E-state index in [9.17, 15) is 14.0 Å². The summed E-state index contributed by atoms with van der Waals surface area (Å²) < 4.78 is 17.8. The first-order valence-electron chi connectivity index (χ1n) is 7.88. The maximum absolute atomic E-state index is 12.9. The molecule has 0 aliphatic carbocycles. The van der Waals surface area contributed by atoms with Crippen LogP contribution in [-0.4, -0.2) is 34.2 Å². The molecule has 0 fully saturated rings. The average molecular weight is 378 g/mol. The second kappa shape index (κ2) is 9.14. The number of nitrogens with two attached hydrogens (primary N) is 1. The molecular weight excluding hydrogens is 359 g/mol. The van der Waals surface area contributed by atoms with E-state index >= 15 is 0 Å². The topological polar surface area (TPSA) is 107 Å². The predicted octanol–water partition coefficient (Wildman–Crippen LogP) is 2.34. The van der Waals surface area contributed by atoms with Gasteiger partial charge in [0, 0.05) is 6.20 Å². The van der Waals surface area contributed by atoms with E-state index in [4.69, 9.17) is 10.5 Å². The lowest BCUT2D eigenvalue weighted by Crippen LogP contribution is -2.28. The van der Waals surface area contributed by atoms with Crippen molar-refractivity contribution in [1.29, 1.82) is 0 Å². The van der Waals surface area contributed by atoms with Gasteiger partial charge in [-0.25, -0.2) is 19.2 Å². The number of aromatic nitrogens is 2. The largest absolute Gasteiger partial charge is 0.462 e. The predicted molar refractivity (Wildman–Crippen MR) is 96.1 cm³/mol. The van der Waals surface area contributed by atoms with E-state index in [1.54, 1.807) is 26.0 Å². The number of rotatable bonds is 7. The number of ether oxygens (including phenoxy) is 1. The van der Waals surface area contributed by atoms with Gasteiger partial charge >= 0.3 is 5.97 Å². The van der Waals surface area contributed by atoms with Crippen LogP contribution in [0.4, 0.5) is 10.2 Å². The van der Waals surface area contributed by atoms with Crippen LogP contribution in [0.25, 0.3) is 0 Å². The first-order chi connectivity index (χ1) is 12.4. The number of nitrogens with zero attached hydrogens (tertiary/aromatic N) is 2. The van der Waals surface area contributed by atoms with Crippen molar-refractivity contribution in [2.75, 3.05) is 18.1 Å². The minimum atomic E-state index is -0.590. The van der Waals surface area contributed by atoms with Gasteiger partial charge < -0.3 is 15.8 Å². The van der Waals surface area contributed by atoms with Crippen molar-refractivity contribution in [3.05, 3.63) is 47.4 Å². The number of carbonyl (C=O) groups excluding carboxylic acids is 2. The highest BCUT2D eigenvalue weighted by atomic mass is 32.2. The highest BCUT2D eigenvalue weighted by molar-refractivity contribution is 7.99. The number of amides is 1. The van der Waals surface area contributed by atoms with Crippen LogP contribution in [0.1, 0.15) is 35.8 Å². The van der Waals surface area contributed by atoms with E-state index < -0.39 is 5.97 Å². The third kappa shape index (κ3) is 5.41. The Morgan fingerprint density at radius 3 is 2.65 bits per heavy atom. The van der Waals surface area contributed by atoms with Gasteiger partial charge in [-0.3, -0.25) is 4.79 Å². The Morgan fingerprint density at radius 2 is 2.04 bits per heavy atom. The molecule has 138 valence electrons. The zero-order valence-electron chi connectivity index (χ0n) is 14.4. The third-order valence-electron chi connectivity index (χ3n) is 3.37. The number of halogens is 1. The molecule has 2 rings (SSSR count). The Labute approximate surface area is 154 Å². The van der Waals surface area contributed by atoms with Gasteiger partial charge in [0.15, 0.2) is 5.16 Å². The molecule has 0 unspecified atom stereocenters. The first-order valence-corrected chi connectivity index (χ1v) is 8.86. The normalized spacial score (nSPS) is 11.7. The summed E-state index contributed by atoms with van der Waals surface area (Å²) in [6, 6.07) is 5.65. The average Bonchev–Trinajstić information content (AvgIpc) is 2.60. The maximum atomic E-state index is 12.9. The molecule has 0 saturated carbocycles. The molecule has 0 bridgehead atoms. The fourth-order valence-corrected chi connectivity index (χ4v) is 2.70. The summed E-state index contributed by atoms with van der Waals surface area (Å²) in [5, 5.41) is 3.08. The zero-order chi connectivity index (χ0) is 19.1. The van der Waals surface area contributed by atoms with Gasteiger partial charge in [-0.2, -0.15) is 0 Å². The molecule has 1 aromatic carbocycles. The standard InChI is InChI=1S/C17H19FN4O3S/c1-3-25-16(24)13-8-20-17(22-15(13)19)26-9-14(23)21-10(2)11-4-6-12(18)7-5-11/h4-8,10H,3,9H2,1-2H3,(H,21,23)(H2,19,20,22)/t10-/m0/s1. The van der Waals surface area contributed by atoms with Crippen molar-refractivity contribution in [3.63, 3.8) is 0 Å². The number of esters is 1. The minimum Gasteiger partial charge on any atom is -0.462 e. The lowest BCUT2D eigenvalue weighted by Gasteiger charge is -2.14. The van der Waals surface area contributed by atoms with Gasteiger partial charge in [0.05, 0.1) is 18.4 Å². The van der Waals surface area contributed by atoms with E-state index in [2.05, 4.69) is 15.3 Å². The van der Waals surface area contributed by atoms with Crippen molar-refractivity contribution >= 4 is 29.5 Å². The molecule has 0 spiro atoms. The van der Waals surface area contributed by atoms with Crippen molar-refractivity contribution in [1.82, 2.24) is 15.3 Å². The van der Waals surface area contributed by atoms with Crippen molar-refractivity contribution in [2.24, 2.45) is 0 Å². The van der Waals surface area contributed by atoms with E-state index in [0.717, 1.165) is 17.3 Å². The van der Waals surface area contributed by atoms with Crippen molar-refractivity contribution in [3.8, 4) is 0 Å². The minimum absolute atomic E-state index is 0.000961. The summed E-state index contributed by atoms with van der Waals surface area (Å²) in [4.78, 5) is 31.7. The SMILES string of the molecule is CCOC(=O)c1cnc(SCC(=O)N[C@@H](C)c2ccc(F)cc2)nc1N. The number of thioether (sulfide) groups is 1. The molecule has 3 N–H and O–H groups in total. The van der Waals surface area contributed by atoms with Crippen LogP contribution in [-0.2, 0) is 9.53 Å². The summed E-state index contributed by atoms with van der Waals surface area (Å²) in [5.41, 5.74) is 6.62. The van der Waals surface area contributed by atoms with E-state index in [1.165, 1.54) is 18.3 Å². The number of carbonyl (C=O) groups is 2. The molecule has 0 aliphatic heterocycles. The van der Waals surface area contributed by atoms with Gasteiger partial charge in [0.1, 0.15) is 17.2 Å². The van der Waals surface area contributed by atoms with Gasteiger partial charge in [-0.05, 0) is 31.5 Å². The molecule has 1 heterocycles. The molecule has 2 aromatic rings. The monoisotopic (exact) mass is 378 g/mol. The van der Waals surface area contributed by atoms with Crippen LogP contribution >= 0.6 is 11.8 Å². The molecule has 9 heteroatoms. The van der Waals surface area contributed by atoms with Crippen LogP contribution < -0.4 is 11.1 Å². The summed E-state index contributed by atoms with van der Waals surface area (Å²) in [6.45, 7) is 3.71. The van der Waals surface area contributed by atoms with Crippen molar-refractivity contribution < 1.29 is 18.7 Å². The molecule has 0 saturated heterocycles. The third-order valence-corrected chi connectivity index (χ3v) is 4.23. The fourth-order valence-electron chi connectivity index (χ4n) is 2.06. The lowest BCUT2D eigenvalue weighted by atomic mass is 10.1. The highest BCUT2D eigenvalue weighted by Crippen LogP contribution is 2.18. The van der Waals surface area contributed by atoms with Gasteiger partial charge in [0.2, 0.25) is 5.91 Å². The molecule has 26 heavy (non-hydrogen) atoms. The zero-order valence-corrected chi connectivity index (χ0v) is 15.2. The molecule has 1 amide bonds. The molecular formula is C17H19FN4O3S. The maximum Gasteiger partial charge on any atom is 0.343 e. The lowest BCUT2D eigenvalue weighted by molar-refractivity contribution is -0.119. The molecule has 7 nitrogen and oxygen atoms in total. The van der Waals surface area contributed by atoms with Gasteiger partial charge in [-0.1, -0.05) is 23.9 Å². The Hall–Kier alpha value is -2.68. The second-order valence-electron chi connectivity index (χ2n) is 5.30. The van der Waals surface area contributed by atoms with Crippen LogP contribution in [0.5, 0.6) is 0 Å². The number of hydrogen-bond acceptors (Lipinski definition) is 7. The van der Waals surface area contributed by atoms with Gasteiger partial charge in [0.25, 0.3) is 0 Å². The van der Waals surface area contributed by atoms with Crippen molar-refractivity contribution in [2.45, 2.75) is 25.0 Å². The number of benzene rings is 1. The van der Waals surface area contributed by atoms with E-state index in [0.29, 0.717) is 0 Å². The Kier molecular flexibility index (Phi) is 6.90. The van der Waals surface area contributed by atoms with Crippen LogP contribution in [0.2, 0.25) is 0 Å². The smallest absolute Gasteiger partial charge is 0.343 e. The quantitative estimate of drug-likeness (QED) is 0.432. The molecule has 1 atom stereocenters. The summed E-state index contributed by atoms with van der Waals surface area (Å²) in [5.74, 6) is -1.08. The second-order valence-corrected chi connectivity index (χ2v) is 6.24. The Morgan fingerprint density at radius 1 is 1.35 bits per heavy atom. The number of nitrogens with one attached hydrogen (secondary N) is 1. The Bertz CT molecular complexity index is 786. The number of nitrogen functional groups attached to an aromatic ring is 1. The van der Waals surface area contributed by atoms with E-state index in [-0.39, 0.29) is 46.7 Å². The number of hydrogen-bond donors (Lipinski definition) is 2. The summed E-state index contributed by atoms with van der Waals surface area (Å²) in [7, 11) is 0. The highest BCUT2D eigenvalue weighted by Gasteiger charge is 2.15. The molecule has 0 radical (unpaired) electrons. The molecule has 1 aromatic heterocycles. The molecule has 0 aliphatic rings. The summed E-state index contributed by atoms with van der Waals surface area (Å²) >= 11 is 1.09. The van der Waals surface area contributed by atoms with E-state index in [1.807, 2.05) is 0 Å². The van der Waals surface area contributed by atoms with Crippen LogP contribution in [0, 0.1) is 5.82 Å². The fraction of sp³-hybridized carbons (Fsp3) is 0.294. The number of anilines is 1. The van der Waals surface area contributed by atoms with Crippen LogP contribution in [0.15, 0.2) is 35.6 Å². The van der Waals surface area contributed by atoms with Crippen LogP contribution in [0.3, 0.4) is 0 Å². The van der Waals surface area contributed by atoms with Gasteiger partial charge in [-0.15, -0.1) is 0 Å². The first kappa shape index (κ1) is 19.6. The summed E-state index contributed by atoms with van der Waals surface area (Å²) in [6.07, 6.45) is 1.28. The Balaban J connectivity index is 1.89.